The van der Waals surface area contributed by atoms with Gasteiger partial charge in [0.05, 0.1) is 11.1 Å². The highest BCUT2D eigenvalue weighted by Gasteiger charge is 2.42. The fourth-order valence-corrected chi connectivity index (χ4v) is 6.01. The van der Waals surface area contributed by atoms with Crippen molar-refractivity contribution in [2.45, 2.75) is 32.6 Å². The first-order chi connectivity index (χ1) is 20.2. The molecule has 0 spiro atoms. The lowest BCUT2D eigenvalue weighted by molar-refractivity contribution is 0.0652. The standard InChI is InChI=1S/C38H33NO2/c1-2-3-4-17-26-39-37(40)35-33(29-22-13-7-14-23-29)31(27-18-9-5-10-19-27)32(28-20-11-6-12-21-28)34(36(35)38(39)41)30-24-15-8-16-25-30/h5-16,18-25H,2-4,17,26H2,1H3. The number of hydrogen-bond donors (Lipinski definition) is 0. The molecule has 0 aliphatic carbocycles. The SMILES string of the molecule is CCCCCCN1C(=O)c2c(c(-c3ccccc3)c(-c3ccccc3)c(-c3ccccc3)c2-c2ccccc2)C1=O. The first-order valence-electron chi connectivity index (χ1n) is 14.5. The van der Waals surface area contributed by atoms with Gasteiger partial charge in [0, 0.05) is 17.7 Å². The maximum Gasteiger partial charge on any atom is 0.262 e. The largest absolute Gasteiger partial charge is 0.274 e. The van der Waals surface area contributed by atoms with Crippen molar-refractivity contribution in [2.24, 2.45) is 0 Å². The van der Waals surface area contributed by atoms with Crippen molar-refractivity contribution in [2.75, 3.05) is 6.54 Å². The predicted octanol–water partition coefficient (Wildman–Crippen LogP) is 9.53. The maximum absolute atomic E-state index is 14.4. The van der Waals surface area contributed by atoms with Crippen LogP contribution >= 0.6 is 0 Å². The van der Waals surface area contributed by atoms with E-state index in [9.17, 15) is 9.59 Å². The van der Waals surface area contributed by atoms with Crippen molar-refractivity contribution in [3.63, 3.8) is 0 Å². The van der Waals surface area contributed by atoms with Crippen LogP contribution in [0.15, 0.2) is 121 Å². The maximum atomic E-state index is 14.4. The summed E-state index contributed by atoms with van der Waals surface area (Å²) in [5.41, 5.74) is 8.45. The van der Waals surface area contributed by atoms with E-state index in [2.05, 4.69) is 31.2 Å². The molecular formula is C38H33NO2. The highest BCUT2D eigenvalue weighted by molar-refractivity contribution is 6.30. The zero-order chi connectivity index (χ0) is 28.2. The molecule has 1 aliphatic heterocycles. The summed E-state index contributed by atoms with van der Waals surface area (Å²) < 4.78 is 0. The first-order valence-corrected chi connectivity index (χ1v) is 14.5. The van der Waals surface area contributed by atoms with Crippen molar-refractivity contribution >= 4 is 11.8 Å². The zero-order valence-electron chi connectivity index (χ0n) is 23.3. The Bertz CT molecular complexity index is 1560. The number of benzene rings is 5. The smallest absolute Gasteiger partial charge is 0.262 e. The molecule has 2 amide bonds. The third kappa shape index (κ3) is 4.89. The molecule has 0 radical (unpaired) electrons. The Kier molecular flexibility index (Phi) is 7.60. The highest BCUT2D eigenvalue weighted by atomic mass is 16.2. The average molecular weight is 536 g/mol. The van der Waals surface area contributed by atoms with Crippen molar-refractivity contribution in [1.29, 1.82) is 0 Å². The lowest BCUT2D eigenvalue weighted by Crippen LogP contribution is -2.30. The molecule has 0 saturated heterocycles. The van der Waals surface area contributed by atoms with E-state index in [1.807, 2.05) is 97.1 Å². The molecule has 0 saturated carbocycles. The van der Waals surface area contributed by atoms with Gasteiger partial charge >= 0.3 is 0 Å². The predicted molar refractivity (Wildman–Crippen MR) is 168 cm³/mol. The number of imide groups is 1. The van der Waals surface area contributed by atoms with Gasteiger partial charge in [0.25, 0.3) is 11.8 Å². The minimum Gasteiger partial charge on any atom is -0.274 e. The minimum absolute atomic E-state index is 0.200. The molecule has 0 fully saturated rings. The third-order valence-electron chi connectivity index (χ3n) is 7.90. The van der Waals surface area contributed by atoms with Crippen LogP contribution in [-0.4, -0.2) is 23.3 Å². The molecule has 0 N–H and O–H groups in total. The van der Waals surface area contributed by atoms with Gasteiger partial charge in [-0.15, -0.1) is 0 Å². The van der Waals surface area contributed by atoms with Crippen molar-refractivity contribution < 1.29 is 9.59 Å². The van der Waals surface area contributed by atoms with E-state index < -0.39 is 0 Å². The Labute approximate surface area is 242 Å². The summed E-state index contributed by atoms with van der Waals surface area (Å²) in [5, 5.41) is 0. The van der Waals surface area contributed by atoms with E-state index >= 15 is 0 Å². The van der Waals surface area contributed by atoms with Gasteiger partial charge in [-0.2, -0.15) is 0 Å². The molecule has 0 bridgehead atoms. The topological polar surface area (TPSA) is 37.4 Å². The fourth-order valence-electron chi connectivity index (χ4n) is 6.01. The molecule has 41 heavy (non-hydrogen) atoms. The molecule has 1 heterocycles. The number of carbonyl (C=O) groups excluding carboxylic acids is 2. The van der Waals surface area contributed by atoms with Crippen LogP contribution < -0.4 is 0 Å². The lowest BCUT2D eigenvalue weighted by atomic mass is 9.78. The molecule has 1 aliphatic rings. The Balaban J connectivity index is 1.76. The third-order valence-corrected chi connectivity index (χ3v) is 7.90. The second-order valence-corrected chi connectivity index (χ2v) is 10.5. The molecular weight excluding hydrogens is 502 g/mol. The monoisotopic (exact) mass is 535 g/mol. The summed E-state index contributed by atoms with van der Waals surface area (Å²) in [6.07, 6.45) is 3.98. The van der Waals surface area contributed by atoms with Gasteiger partial charge in [-0.25, -0.2) is 0 Å². The Morgan fingerprint density at radius 3 is 1.05 bits per heavy atom. The number of fused-ring (bicyclic) bond motifs is 1. The minimum atomic E-state index is -0.200. The first kappa shape index (κ1) is 26.5. The molecule has 6 rings (SSSR count). The van der Waals surface area contributed by atoms with E-state index in [0.29, 0.717) is 17.7 Å². The number of hydrogen-bond acceptors (Lipinski definition) is 2. The van der Waals surface area contributed by atoms with Crippen LogP contribution in [0.4, 0.5) is 0 Å². The highest BCUT2D eigenvalue weighted by Crippen LogP contribution is 2.51. The summed E-state index contributed by atoms with van der Waals surface area (Å²) in [4.78, 5) is 30.3. The van der Waals surface area contributed by atoms with Crippen molar-refractivity contribution in [1.82, 2.24) is 4.90 Å². The Hall–Kier alpha value is -4.76. The summed E-state index contributed by atoms with van der Waals surface area (Å²) in [6.45, 7) is 2.59. The van der Waals surface area contributed by atoms with E-state index in [1.165, 1.54) is 4.90 Å². The number of amides is 2. The molecule has 0 unspecified atom stereocenters. The quantitative estimate of drug-likeness (QED) is 0.139. The summed E-state index contributed by atoms with van der Waals surface area (Å²) in [6, 6.07) is 40.6. The van der Waals surface area contributed by atoms with Crippen LogP contribution in [0.2, 0.25) is 0 Å². The Morgan fingerprint density at radius 1 is 0.415 bits per heavy atom. The van der Waals surface area contributed by atoms with Gasteiger partial charge in [0.1, 0.15) is 0 Å². The van der Waals surface area contributed by atoms with Gasteiger partial charge in [-0.1, -0.05) is 148 Å². The van der Waals surface area contributed by atoms with Gasteiger partial charge in [0.15, 0.2) is 0 Å². The van der Waals surface area contributed by atoms with Gasteiger partial charge < -0.3 is 0 Å². The molecule has 0 atom stereocenters. The van der Waals surface area contributed by atoms with Gasteiger partial charge in [0.2, 0.25) is 0 Å². The van der Waals surface area contributed by atoms with E-state index in [1.54, 1.807) is 0 Å². The molecule has 202 valence electrons. The number of rotatable bonds is 9. The molecule has 5 aromatic rings. The fraction of sp³-hybridized carbons (Fsp3) is 0.158. The van der Waals surface area contributed by atoms with Gasteiger partial charge in [-0.05, 0) is 39.8 Å². The molecule has 3 heteroatoms. The normalized spacial score (nSPS) is 12.6. The summed E-state index contributed by atoms with van der Waals surface area (Å²) >= 11 is 0. The second-order valence-electron chi connectivity index (χ2n) is 10.5. The number of carbonyl (C=O) groups is 2. The van der Waals surface area contributed by atoms with Crippen LogP contribution in [0, 0.1) is 0 Å². The van der Waals surface area contributed by atoms with Crippen molar-refractivity contribution in [3.05, 3.63) is 132 Å². The number of unbranched alkanes of at least 4 members (excludes halogenated alkanes) is 3. The van der Waals surface area contributed by atoms with Crippen LogP contribution in [0.1, 0.15) is 53.3 Å². The summed E-state index contributed by atoms with van der Waals surface area (Å²) in [5.74, 6) is -0.399. The van der Waals surface area contributed by atoms with E-state index in [0.717, 1.165) is 70.2 Å². The van der Waals surface area contributed by atoms with E-state index in [-0.39, 0.29) is 11.8 Å². The van der Waals surface area contributed by atoms with Crippen molar-refractivity contribution in [3.8, 4) is 44.5 Å². The van der Waals surface area contributed by atoms with Crippen LogP contribution in [0.25, 0.3) is 44.5 Å². The second kappa shape index (κ2) is 11.8. The van der Waals surface area contributed by atoms with E-state index in [4.69, 9.17) is 0 Å². The zero-order valence-corrected chi connectivity index (χ0v) is 23.3. The van der Waals surface area contributed by atoms with Crippen LogP contribution in [-0.2, 0) is 0 Å². The molecule has 0 aromatic heterocycles. The lowest BCUT2D eigenvalue weighted by Gasteiger charge is -2.23. The van der Waals surface area contributed by atoms with Gasteiger partial charge in [-0.3, -0.25) is 14.5 Å². The Morgan fingerprint density at radius 2 is 0.732 bits per heavy atom. The van der Waals surface area contributed by atoms with Crippen LogP contribution in [0.5, 0.6) is 0 Å². The summed E-state index contributed by atoms with van der Waals surface area (Å²) in [7, 11) is 0. The molecule has 5 aromatic carbocycles. The average Bonchev–Trinajstić information content (AvgIpc) is 3.28. The molecule has 3 nitrogen and oxygen atoms in total. The van der Waals surface area contributed by atoms with Crippen LogP contribution in [0.3, 0.4) is 0 Å². The number of nitrogens with zero attached hydrogens (tertiary/aromatic N) is 1.